The molecule has 0 aliphatic rings. The van der Waals surface area contributed by atoms with Gasteiger partial charge in [0.1, 0.15) is 0 Å². The van der Waals surface area contributed by atoms with Crippen LogP contribution in [0.2, 0.25) is 0 Å². The predicted molar refractivity (Wildman–Crippen MR) is 52.0 cm³/mol. The molecule has 0 bridgehead atoms. The highest BCUT2D eigenvalue weighted by atomic mass is 32.2. The van der Waals surface area contributed by atoms with Gasteiger partial charge in [0.15, 0.2) is 5.75 Å². The van der Waals surface area contributed by atoms with Gasteiger partial charge in [0.05, 0.1) is 4.92 Å². The molecule has 0 atom stereocenters. The van der Waals surface area contributed by atoms with Crippen molar-refractivity contribution in [3.05, 3.63) is 33.9 Å². The number of phenolic OH excluding ortho intramolecular Hbond substituents is 1. The Balaban J connectivity index is 2.98. The standard InChI is InChI=1S/C8H9NO3S/c1-13-5-6-2-3-7(9(11)12)8(10)4-6/h2-4,10H,5H2,1H3. The Hall–Kier alpha value is -1.23. The fraction of sp³-hybridized carbons (Fsp3) is 0.250. The van der Waals surface area contributed by atoms with Gasteiger partial charge in [0.25, 0.3) is 0 Å². The maximum absolute atomic E-state index is 10.3. The van der Waals surface area contributed by atoms with E-state index in [-0.39, 0.29) is 11.4 Å². The summed E-state index contributed by atoms with van der Waals surface area (Å²) >= 11 is 1.60. The van der Waals surface area contributed by atoms with E-state index in [0.717, 1.165) is 11.3 Å². The summed E-state index contributed by atoms with van der Waals surface area (Å²) in [5, 5.41) is 19.6. The summed E-state index contributed by atoms with van der Waals surface area (Å²) in [4.78, 5) is 9.73. The molecule has 0 saturated carbocycles. The maximum Gasteiger partial charge on any atom is 0.310 e. The van der Waals surface area contributed by atoms with Crippen molar-refractivity contribution >= 4 is 17.4 Å². The summed E-state index contributed by atoms with van der Waals surface area (Å²) in [5.41, 5.74) is 0.639. The first-order chi connectivity index (χ1) is 6.15. The van der Waals surface area contributed by atoms with E-state index in [1.807, 2.05) is 6.26 Å². The quantitative estimate of drug-likeness (QED) is 0.598. The molecule has 1 rings (SSSR count). The number of benzene rings is 1. The zero-order valence-electron chi connectivity index (χ0n) is 7.06. The first kappa shape index (κ1) is 9.85. The monoisotopic (exact) mass is 199 g/mol. The molecule has 0 amide bonds. The van der Waals surface area contributed by atoms with E-state index >= 15 is 0 Å². The fourth-order valence-electron chi connectivity index (χ4n) is 0.980. The van der Waals surface area contributed by atoms with Gasteiger partial charge in [-0.05, 0) is 17.9 Å². The lowest BCUT2D eigenvalue weighted by Crippen LogP contribution is -1.89. The van der Waals surface area contributed by atoms with Crippen LogP contribution in [0.25, 0.3) is 0 Å². The van der Waals surface area contributed by atoms with Crippen LogP contribution in [0, 0.1) is 10.1 Å². The zero-order valence-corrected chi connectivity index (χ0v) is 7.87. The minimum absolute atomic E-state index is 0.246. The average Bonchev–Trinajstić information content (AvgIpc) is 2.04. The minimum atomic E-state index is -0.599. The van der Waals surface area contributed by atoms with Crippen molar-refractivity contribution in [1.82, 2.24) is 0 Å². The average molecular weight is 199 g/mol. The molecule has 0 aliphatic carbocycles. The van der Waals surface area contributed by atoms with E-state index < -0.39 is 4.92 Å². The molecule has 0 unspecified atom stereocenters. The molecule has 0 heterocycles. The van der Waals surface area contributed by atoms with Crippen molar-refractivity contribution in [3.63, 3.8) is 0 Å². The van der Waals surface area contributed by atoms with Gasteiger partial charge in [0.2, 0.25) is 0 Å². The number of nitro groups is 1. The van der Waals surface area contributed by atoms with Crippen molar-refractivity contribution < 1.29 is 10.0 Å². The molecule has 5 heteroatoms. The van der Waals surface area contributed by atoms with Crippen molar-refractivity contribution in [1.29, 1.82) is 0 Å². The van der Waals surface area contributed by atoms with Crippen LogP contribution in [0.1, 0.15) is 5.56 Å². The number of nitro benzene ring substituents is 1. The second-order valence-corrected chi connectivity index (χ2v) is 3.38. The van der Waals surface area contributed by atoms with Crippen molar-refractivity contribution in [3.8, 4) is 5.75 Å². The molecule has 0 fully saturated rings. The van der Waals surface area contributed by atoms with E-state index in [9.17, 15) is 15.2 Å². The largest absolute Gasteiger partial charge is 0.502 e. The molecule has 13 heavy (non-hydrogen) atoms. The summed E-state index contributed by atoms with van der Waals surface area (Å²) in [6.45, 7) is 0. The molecular formula is C8H9NO3S. The van der Waals surface area contributed by atoms with Gasteiger partial charge in [-0.1, -0.05) is 6.07 Å². The predicted octanol–water partition coefficient (Wildman–Crippen LogP) is 2.16. The molecule has 0 spiro atoms. The number of nitrogens with zero attached hydrogens (tertiary/aromatic N) is 1. The Morgan fingerprint density at radius 2 is 2.31 bits per heavy atom. The summed E-state index contributed by atoms with van der Waals surface area (Å²) < 4.78 is 0. The van der Waals surface area contributed by atoms with E-state index in [2.05, 4.69) is 0 Å². The van der Waals surface area contributed by atoms with Crippen molar-refractivity contribution in [2.24, 2.45) is 0 Å². The maximum atomic E-state index is 10.3. The smallest absolute Gasteiger partial charge is 0.310 e. The summed E-state index contributed by atoms with van der Waals surface area (Å²) in [6, 6.07) is 4.39. The van der Waals surface area contributed by atoms with Gasteiger partial charge in [-0.3, -0.25) is 10.1 Å². The summed E-state index contributed by atoms with van der Waals surface area (Å²) in [5.74, 6) is 0.475. The Morgan fingerprint density at radius 1 is 1.62 bits per heavy atom. The third-order valence-corrected chi connectivity index (χ3v) is 2.17. The molecule has 70 valence electrons. The second kappa shape index (κ2) is 4.13. The Bertz CT molecular complexity index is 327. The summed E-state index contributed by atoms with van der Waals surface area (Å²) in [6.07, 6.45) is 1.93. The third kappa shape index (κ3) is 2.35. The van der Waals surface area contributed by atoms with Crippen LogP contribution in [0.5, 0.6) is 5.75 Å². The summed E-state index contributed by atoms with van der Waals surface area (Å²) in [7, 11) is 0. The van der Waals surface area contributed by atoms with Gasteiger partial charge >= 0.3 is 5.69 Å². The molecule has 1 N–H and O–H groups in total. The van der Waals surface area contributed by atoms with E-state index in [1.165, 1.54) is 12.1 Å². The first-order valence-corrected chi connectivity index (χ1v) is 4.99. The molecule has 4 nitrogen and oxygen atoms in total. The SMILES string of the molecule is CSCc1ccc([N+](=O)[O-])c(O)c1. The number of rotatable bonds is 3. The van der Waals surface area contributed by atoms with Crippen LogP contribution >= 0.6 is 11.8 Å². The second-order valence-electron chi connectivity index (χ2n) is 2.51. The van der Waals surface area contributed by atoms with Crippen LogP contribution in [0.15, 0.2) is 18.2 Å². The Morgan fingerprint density at radius 3 is 2.77 bits per heavy atom. The number of hydrogen-bond donors (Lipinski definition) is 1. The lowest BCUT2D eigenvalue weighted by molar-refractivity contribution is -0.385. The van der Waals surface area contributed by atoms with E-state index in [0.29, 0.717) is 0 Å². The van der Waals surface area contributed by atoms with Gasteiger partial charge in [-0.15, -0.1) is 0 Å². The van der Waals surface area contributed by atoms with E-state index in [4.69, 9.17) is 0 Å². The zero-order chi connectivity index (χ0) is 9.84. The first-order valence-electron chi connectivity index (χ1n) is 3.60. The van der Waals surface area contributed by atoms with Gasteiger partial charge in [0, 0.05) is 11.8 Å². The van der Waals surface area contributed by atoms with Crippen molar-refractivity contribution in [2.75, 3.05) is 6.26 Å². The van der Waals surface area contributed by atoms with Crippen LogP contribution in [-0.2, 0) is 5.75 Å². The Labute approximate surface area is 79.7 Å². The highest BCUT2D eigenvalue weighted by Crippen LogP contribution is 2.27. The molecule has 1 aromatic rings. The van der Waals surface area contributed by atoms with E-state index in [1.54, 1.807) is 17.8 Å². The Kier molecular flexibility index (Phi) is 3.13. The van der Waals surface area contributed by atoms with Crippen LogP contribution in [0.3, 0.4) is 0 Å². The lowest BCUT2D eigenvalue weighted by atomic mass is 10.2. The van der Waals surface area contributed by atoms with Gasteiger partial charge in [-0.2, -0.15) is 11.8 Å². The highest BCUT2D eigenvalue weighted by molar-refractivity contribution is 7.97. The fourth-order valence-corrected chi connectivity index (χ4v) is 1.49. The van der Waals surface area contributed by atoms with Crippen LogP contribution in [0.4, 0.5) is 5.69 Å². The normalized spacial score (nSPS) is 9.92. The molecule has 0 aliphatic heterocycles. The topological polar surface area (TPSA) is 63.4 Å². The molecule has 0 radical (unpaired) electrons. The number of hydrogen-bond acceptors (Lipinski definition) is 4. The molecule has 0 saturated heterocycles. The third-order valence-electron chi connectivity index (χ3n) is 1.55. The molecule has 0 aromatic heterocycles. The van der Waals surface area contributed by atoms with Gasteiger partial charge < -0.3 is 5.11 Å². The number of phenols is 1. The molecular weight excluding hydrogens is 190 g/mol. The van der Waals surface area contributed by atoms with Gasteiger partial charge in [-0.25, -0.2) is 0 Å². The molecule has 1 aromatic carbocycles. The van der Waals surface area contributed by atoms with Crippen LogP contribution < -0.4 is 0 Å². The highest BCUT2D eigenvalue weighted by Gasteiger charge is 2.12. The lowest BCUT2D eigenvalue weighted by Gasteiger charge is -1.99. The number of thioether (sulfide) groups is 1. The van der Waals surface area contributed by atoms with Crippen molar-refractivity contribution in [2.45, 2.75) is 5.75 Å². The number of aromatic hydroxyl groups is 1. The minimum Gasteiger partial charge on any atom is -0.502 e. The van der Waals surface area contributed by atoms with Crippen LogP contribution in [-0.4, -0.2) is 16.3 Å².